The molecule has 0 N–H and O–H groups in total. The number of halogens is 3. The smallest absolute Gasteiger partial charge is 0.253 e. The first-order chi connectivity index (χ1) is 18.5. The highest BCUT2D eigenvalue weighted by Crippen LogP contribution is 2.34. The molecule has 1 fully saturated rings. The van der Waals surface area contributed by atoms with Crippen LogP contribution in [0, 0.1) is 5.82 Å². The quantitative estimate of drug-likeness (QED) is 0.234. The third-order valence-electron chi connectivity index (χ3n) is 7.05. The fourth-order valence-corrected chi connectivity index (χ4v) is 5.58. The van der Waals surface area contributed by atoms with Crippen LogP contribution >= 0.6 is 23.2 Å². The van der Waals surface area contributed by atoms with E-state index in [2.05, 4.69) is 11.1 Å². The van der Waals surface area contributed by atoms with E-state index in [1.54, 1.807) is 30.5 Å². The summed E-state index contributed by atoms with van der Waals surface area (Å²) >= 11 is 12.7. The van der Waals surface area contributed by atoms with Crippen molar-refractivity contribution in [2.24, 2.45) is 0 Å². The van der Waals surface area contributed by atoms with E-state index >= 15 is 0 Å². The Morgan fingerprint density at radius 1 is 1.03 bits per heavy atom. The van der Waals surface area contributed by atoms with Gasteiger partial charge in [0, 0.05) is 54.1 Å². The van der Waals surface area contributed by atoms with Crippen LogP contribution < -0.4 is 0 Å². The Bertz CT molecular complexity index is 1640. The van der Waals surface area contributed by atoms with Crippen molar-refractivity contribution in [1.82, 2.24) is 19.4 Å². The summed E-state index contributed by atoms with van der Waals surface area (Å²) < 4.78 is 15.6. The van der Waals surface area contributed by atoms with Crippen molar-refractivity contribution >= 4 is 40.1 Å². The van der Waals surface area contributed by atoms with Crippen LogP contribution in [0.1, 0.15) is 33.8 Å². The summed E-state index contributed by atoms with van der Waals surface area (Å²) in [7, 11) is 0. The molecule has 2 aromatic heterocycles. The maximum Gasteiger partial charge on any atom is 0.253 e. The van der Waals surface area contributed by atoms with E-state index in [1.165, 1.54) is 12.1 Å². The van der Waals surface area contributed by atoms with Gasteiger partial charge in [-0.1, -0.05) is 41.4 Å². The molecule has 1 amide bonds. The van der Waals surface area contributed by atoms with Crippen LogP contribution in [0.15, 0.2) is 85.2 Å². The minimum Gasteiger partial charge on any atom is -0.338 e. The lowest BCUT2D eigenvalue weighted by molar-refractivity contribution is 0.0791. The summed E-state index contributed by atoms with van der Waals surface area (Å²) in [6, 6.07) is 21.3. The molecule has 3 aromatic carbocycles. The van der Waals surface area contributed by atoms with Crippen molar-refractivity contribution in [2.75, 3.05) is 13.1 Å². The second-order valence-corrected chi connectivity index (χ2v) is 10.3. The van der Waals surface area contributed by atoms with Gasteiger partial charge in [0.25, 0.3) is 5.91 Å². The highest BCUT2D eigenvalue weighted by atomic mass is 35.5. The van der Waals surface area contributed by atoms with Crippen molar-refractivity contribution in [1.29, 1.82) is 0 Å². The van der Waals surface area contributed by atoms with Gasteiger partial charge in [-0.15, -0.1) is 0 Å². The average Bonchev–Trinajstić information content (AvgIpc) is 3.55. The second kappa shape index (κ2) is 10.2. The molecule has 3 heterocycles. The number of benzene rings is 3. The number of nitrogens with zero attached hydrogens (tertiary/aromatic N) is 4. The number of aromatic nitrogens is 3. The molecule has 0 spiro atoms. The molecule has 5 aromatic rings. The molecule has 1 atom stereocenters. The number of amides is 1. The highest BCUT2D eigenvalue weighted by Gasteiger charge is 2.28. The molecular weight excluding hydrogens is 522 g/mol. The number of hydrogen-bond acceptors (Lipinski definition) is 3. The third kappa shape index (κ3) is 4.77. The summed E-state index contributed by atoms with van der Waals surface area (Å²) in [6.45, 7) is 1.81. The SMILES string of the molecule is O=C(c1ccc2c(c1)nc(-c1ccc(Cl)cc1Cl)n2Cc1ccc(F)cc1)N1CCC(c2cccnc2)C1. The lowest BCUT2D eigenvalue weighted by atomic mass is 10.0. The molecule has 1 aliphatic heterocycles. The lowest BCUT2D eigenvalue weighted by Crippen LogP contribution is -2.28. The Hall–Kier alpha value is -3.74. The van der Waals surface area contributed by atoms with E-state index < -0.39 is 0 Å². The molecule has 5 nitrogen and oxygen atoms in total. The summed E-state index contributed by atoms with van der Waals surface area (Å²) in [5.41, 5.74) is 4.91. The summed E-state index contributed by atoms with van der Waals surface area (Å²) in [4.78, 5) is 24.5. The fourth-order valence-electron chi connectivity index (χ4n) is 5.09. The van der Waals surface area contributed by atoms with E-state index in [-0.39, 0.29) is 17.6 Å². The Kier molecular flexibility index (Phi) is 6.60. The van der Waals surface area contributed by atoms with Gasteiger partial charge < -0.3 is 9.47 Å². The largest absolute Gasteiger partial charge is 0.338 e. The number of carbonyl (C=O) groups is 1. The van der Waals surface area contributed by atoms with Crippen molar-refractivity contribution in [2.45, 2.75) is 18.9 Å². The molecule has 0 saturated carbocycles. The van der Waals surface area contributed by atoms with E-state index in [1.807, 2.05) is 46.0 Å². The van der Waals surface area contributed by atoms with Crippen molar-refractivity contribution in [3.63, 3.8) is 0 Å². The van der Waals surface area contributed by atoms with Gasteiger partial charge in [0.15, 0.2) is 0 Å². The summed E-state index contributed by atoms with van der Waals surface area (Å²) in [5, 5.41) is 1.01. The lowest BCUT2D eigenvalue weighted by Gasteiger charge is -2.17. The standard InChI is InChI=1S/C30H23Cl2FN4O/c31-23-6-9-25(26(32)15-23)29-35-27-14-20(5-10-28(27)37(29)17-19-3-7-24(33)8-4-19)30(38)36-13-11-22(18-36)21-2-1-12-34-16-21/h1-10,12,14-16,22H,11,13,17-18H2. The van der Waals surface area contributed by atoms with Crippen LogP contribution in [-0.4, -0.2) is 38.4 Å². The molecule has 6 rings (SSSR count). The maximum absolute atomic E-state index is 13.5. The van der Waals surface area contributed by atoms with Gasteiger partial charge in [0.2, 0.25) is 0 Å². The van der Waals surface area contributed by atoms with Gasteiger partial charge in [0.1, 0.15) is 11.6 Å². The second-order valence-electron chi connectivity index (χ2n) is 9.50. The fraction of sp³-hybridized carbons (Fsp3) is 0.167. The molecular formula is C30H23Cl2FN4O. The number of imidazole rings is 1. The molecule has 0 aliphatic carbocycles. The van der Waals surface area contributed by atoms with Crippen LogP contribution in [0.5, 0.6) is 0 Å². The van der Waals surface area contributed by atoms with Gasteiger partial charge >= 0.3 is 0 Å². The Morgan fingerprint density at radius 3 is 2.63 bits per heavy atom. The predicted molar refractivity (Wildman–Crippen MR) is 148 cm³/mol. The number of hydrogen-bond donors (Lipinski definition) is 0. The van der Waals surface area contributed by atoms with Crippen molar-refractivity contribution < 1.29 is 9.18 Å². The van der Waals surface area contributed by atoms with Gasteiger partial charge in [-0.05, 0) is 72.1 Å². The summed E-state index contributed by atoms with van der Waals surface area (Å²) in [6.07, 6.45) is 4.55. The zero-order chi connectivity index (χ0) is 26.2. The minimum absolute atomic E-state index is 0.0162. The first-order valence-electron chi connectivity index (χ1n) is 12.4. The zero-order valence-corrected chi connectivity index (χ0v) is 21.8. The Balaban J connectivity index is 1.36. The number of pyridine rings is 1. The average molecular weight is 545 g/mol. The van der Waals surface area contributed by atoms with Crippen LogP contribution in [0.4, 0.5) is 4.39 Å². The van der Waals surface area contributed by atoms with Gasteiger partial charge in [0.05, 0.1) is 16.1 Å². The van der Waals surface area contributed by atoms with Gasteiger partial charge in [-0.2, -0.15) is 0 Å². The van der Waals surface area contributed by atoms with E-state index in [0.29, 0.717) is 46.6 Å². The monoisotopic (exact) mass is 544 g/mol. The number of carbonyl (C=O) groups excluding carboxylic acids is 1. The molecule has 1 saturated heterocycles. The van der Waals surface area contributed by atoms with Crippen LogP contribution in [0.25, 0.3) is 22.4 Å². The third-order valence-corrected chi connectivity index (χ3v) is 7.60. The van der Waals surface area contributed by atoms with Crippen LogP contribution in [0.3, 0.4) is 0 Å². The molecule has 1 unspecified atom stereocenters. The highest BCUT2D eigenvalue weighted by molar-refractivity contribution is 6.36. The molecule has 0 radical (unpaired) electrons. The van der Waals surface area contributed by atoms with Crippen LogP contribution in [-0.2, 0) is 6.54 Å². The van der Waals surface area contributed by atoms with Crippen molar-refractivity contribution in [3.8, 4) is 11.4 Å². The predicted octanol–water partition coefficient (Wildman–Crippen LogP) is 7.22. The van der Waals surface area contributed by atoms with E-state index in [0.717, 1.165) is 28.6 Å². The van der Waals surface area contributed by atoms with Crippen molar-refractivity contribution in [3.05, 3.63) is 118 Å². The van der Waals surface area contributed by atoms with Gasteiger partial charge in [-0.25, -0.2) is 9.37 Å². The first-order valence-corrected chi connectivity index (χ1v) is 13.1. The number of rotatable bonds is 5. The maximum atomic E-state index is 13.5. The molecule has 1 aliphatic rings. The van der Waals surface area contributed by atoms with Gasteiger partial charge in [-0.3, -0.25) is 9.78 Å². The Labute approximate surface area is 229 Å². The van der Waals surface area contributed by atoms with E-state index in [4.69, 9.17) is 28.2 Å². The molecule has 8 heteroatoms. The van der Waals surface area contributed by atoms with E-state index in [9.17, 15) is 9.18 Å². The number of fused-ring (bicyclic) bond motifs is 1. The van der Waals surface area contributed by atoms with Crippen LogP contribution in [0.2, 0.25) is 10.0 Å². The molecule has 190 valence electrons. The topological polar surface area (TPSA) is 51.0 Å². The normalized spacial score (nSPS) is 15.3. The Morgan fingerprint density at radius 2 is 1.87 bits per heavy atom. The number of likely N-dealkylation sites (tertiary alicyclic amines) is 1. The molecule has 0 bridgehead atoms. The first kappa shape index (κ1) is 24.6. The zero-order valence-electron chi connectivity index (χ0n) is 20.3. The minimum atomic E-state index is -0.291. The summed E-state index contributed by atoms with van der Waals surface area (Å²) in [5.74, 6) is 0.622. The molecule has 38 heavy (non-hydrogen) atoms.